The van der Waals surface area contributed by atoms with Gasteiger partial charge >= 0.3 is 7.12 Å². The molecule has 1 aliphatic rings. The quantitative estimate of drug-likeness (QED) is 0.544. The molecule has 1 aromatic rings. The van der Waals surface area contributed by atoms with Crippen LogP contribution in [0.3, 0.4) is 0 Å². The van der Waals surface area contributed by atoms with Crippen molar-refractivity contribution in [2.24, 2.45) is 0 Å². The van der Waals surface area contributed by atoms with Crippen molar-refractivity contribution >= 4 is 17.0 Å². The van der Waals surface area contributed by atoms with Crippen LogP contribution in [-0.2, 0) is 19.1 Å². The lowest BCUT2D eigenvalue weighted by molar-refractivity contribution is 0.00578. The molecule has 0 spiro atoms. The molecule has 0 aliphatic carbocycles. The topological polar surface area (TPSA) is 52.6 Å². The summed E-state index contributed by atoms with van der Waals surface area (Å²) >= 11 is 0. The molecule has 6 heteroatoms. The molecule has 1 aromatic carbocycles. The predicted molar refractivity (Wildman–Crippen MR) is 102 cm³/mol. The molecule has 1 aliphatic heterocycles. The summed E-state index contributed by atoms with van der Waals surface area (Å²) in [6, 6.07) is 8.44. The van der Waals surface area contributed by atoms with E-state index in [-0.39, 0.29) is 4.90 Å². The normalized spacial score (nSPS) is 20.2. The van der Waals surface area contributed by atoms with Crippen molar-refractivity contribution in [1.82, 2.24) is 0 Å². The Bertz CT molecular complexity index is 722. The fourth-order valence-corrected chi connectivity index (χ4v) is 4.55. The lowest BCUT2D eigenvalue weighted by atomic mass is 9.76. The third-order valence-electron chi connectivity index (χ3n) is 5.05. The molecule has 0 amide bonds. The van der Waals surface area contributed by atoms with Crippen molar-refractivity contribution in [2.75, 3.05) is 0 Å². The van der Waals surface area contributed by atoms with Gasteiger partial charge in [0.1, 0.15) is 0 Å². The Hall–Kier alpha value is -1.37. The molecule has 0 saturated carbocycles. The maximum atomic E-state index is 13.2. The number of sulfone groups is 1. The first-order valence-corrected chi connectivity index (χ1v) is 10.0. The number of allylic oxidation sites excluding steroid dienone is 1. The molecule has 1 atom stereocenters. The average Bonchev–Trinajstić information content (AvgIpc) is 2.76. The fraction of sp³-hybridized carbons (Fsp3) is 0.474. The predicted octanol–water partition coefficient (Wildman–Crippen LogP) is 3.98. The van der Waals surface area contributed by atoms with Crippen LogP contribution in [0.5, 0.6) is 0 Å². The van der Waals surface area contributed by atoms with Crippen LogP contribution in [0.15, 0.2) is 59.9 Å². The first-order chi connectivity index (χ1) is 11.5. The van der Waals surface area contributed by atoms with Gasteiger partial charge in [-0.3, -0.25) is 0 Å². The monoisotopic (exact) mass is 362 g/mol. The van der Waals surface area contributed by atoms with Gasteiger partial charge in [-0.1, -0.05) is 24.3 Å². The number of rotatable bonds is 7. The Morgan fingerprint density at radius 3 is 2.16 bits per heavy atom. The van der Waals surface area contributed by atoms with Gasteiger partial charge in [0.2, 0.25) is 0 Å². The van der Waals surface area contributed by atoms with Crippen LogP contribution in [-0.4, -0.2) is 32.0 Å². The summed E-state index contributed by atoms with van der Waals surface area (Å²) in [5, 5.41) is -0.789. The summed E-state index contributed by atoms with van der Waals surface area (Å²) in [6.07, 6.45) is 2.67. The summed E-state index contributed by atoms with van der Waals surface area (Å²) in [5.74, 6) is 0. The van der Waals surface area contributed by atoms with Gasteiger partial charge in [0.25, 0.3) is 0 Å². The summed E-state index contributed by atoms with van der Waals surface area (Å²) in [7, 11) is -4.34. The SMILES string of the molecule is C=CCCC(C(=C)B1OC(C)(C)C(C)(C)O1)S(=O)(=O)c1ccccc1. The molecule has 0 bridgehead atoms. The molecule has 1 saturated heterocycles. The molecular formula is C19H27BO4S. The highest BCUT2D eigenvalue weighted by atomic mass is 32.2. The van der Waals surface area contributed by atoms with Gasteiger partial charge in [0.05, 0.1) is 21.3 Å². The van der Waals surface area contributed by atoms with E-state index < -0.39 is 33.4 Å². The zero-order valence-corrected chi connectivity index (χ0v) is 16.3. The Morgan fingerprint density at radius 1 is 1.16 bits per heavy atom. The smallest absolute Gasteiger partial charge is 0.400 e. The molecule has 0 radical (unpaired) electrons. The third-order valence-corrected chi connectivity index (χ3v) is 7.27. The summed E-state index contributed by atoms with van der Waals surface area (Å²) in [5.41, 5.74) is -0.649. The van der Waals surface area contributed by atoms with Gasteiger partial charge in [0.15, 0.2) is 9.84 Å². The molecule has 0 N–H and O–H groups in total. The molecule has 25 heavy (non-hydrogen) atoms. The average molecular weight is 362 g/mol. The molecule has 0 aromatic heterocycles. The van der Waals surface area contributed by atoms with Crippen molar-refractivity contribution in [3.05, 3.63) is 55.0 Å². The van der Waals surface area contributed by atoms with Crippen LogP contribution >= 0.6 is 0 Å². The molecular weight excluding hydrogens is 335 g/mol. The Labute approximate surface area is 152 Å². The van der Waals surface area contributed by atoms with Gasteiger partial charge in [-0.25, -0.2) is 8.42 Å². The third kappa shape index (κ3) is 3.91. The number of hydrogen-bond donors (Lipinski definition) is 0. The summed E-state index contributed by atoms with van der Waals surface area (Å²) in [6.45, 7) is 15.5. The summed E-state index contributed by atoms with van der Waals surface area (Å²) < 4.78 is 38.3. The van der Waals surface area contributed by atoms with E-state index in [9.17, 15) is 8.42 Å². The zero-order chi connectivity index (χ0) is 18.9. The first-order valence-electron chi connectivity index (χ1n) is 8.47. The highest BCUT2D eigenvalue weighted by Crippen LogP contribution is 2.40. The van der Waals surface area contributed by atoms with Crippen LogP contribution in [0.2, 0.25) is 0 Å². The number of benzene rings is 1. The van der Waals surface area contributed by atoms with Crippen LogP contribution in [0, 0.1) is 0 Å². The second-order valence-electron chi connectivity index (χ2n) is 7.38. The van der Waals surface area contributed by atoms with E-state index in [0.717, 1.165) is 0 Å². The summed E-state index contributed by atoms with van der Waals surface area (Å²) in [4.78, 5) is 0.279. The van der Waals surface area contributed by atoms with Crippen molar-refractivity contribution in [3.8, 4) is 0 Å². The van der Waals surface area contributed by atoms with Gasteiger partial charge < -0.3 is 9.31 Å². The van der Waals surface area contributed by atoms with E-state index in [2.05, 4.69) is 13.2 Å². The highest BCUT2D eigenvalue weighted by Gasteiger charge is 2.54. The van der Waals surface area contributed by atoms with Crippen LogP contribution < -0.4 is 0 Å². The second kappa shape index (κ2) is 7.10. The minimum atomic E-state index is -3.59. The minimum absolute atomic E-state index is 0.279. The van der Waals surface area contributed by atoms with Crippen LogP contribution in [0.4, 0.5) is 0 Å². The maximum absolute atomic E-state index is 13.2. The Morgan fingerprint density at radius 2 is 1.68 bits per heavy atom. The highest BCUT2D eigenvalue weighted by molar-refractivity contribution is 7.92. The first kappa shape index (κ1) is 20.0. The van der Waals surface area contributed by atoms with Gasteiger partial charge in [0, 0.05) is 0 Å². The van der Waals surface area contributed by atoms with E-state index in [1.54, 1.807) is 36.4 Å². The minimum Gasteiger partial charge on any atom is -0.400 e. The van der Waals surface area contributed by atoms with E-state index in [4.69, 9.17) is 9.31 Å². The lowest BCUT2D eigenvalue weighted by Crippen LogP contribution is -2.41. The Balaban J connectivity index is 2.35. The Kier molecular flexibility index (Phi) is 5.67. The van der Waals surface area contributed by atoms with Gasteiger partial charge in [-0.15, -0.1) is 13.2 Å². The van der Waals surface area contributed by atoms with Crippen LogP contribution in [0.25, 0.3) is 0 Å². The van der Waals surface area contributed by atoms with E-state index in [0.29, 0.717) is 18.3 Å². The maximum Gasteiger partial charge on any atom is 0.491 e. The van der Waals surface area contributed by atoms with Crippen molar-refractivity contribution in [2.45, 2.75) is 61.9 Å². The molecule has 1 unspecified atom stereocenters. The molecule has 1 heterocycles. The van der Waals surface area contributed by atoms with E-state index >= 15 is 0 Å². The molecule has 136 valence electrons. The van der Waals surface area contributed by atoms with Gasteiger partial charge in [-0.2, -0.15) is 0 Å². The largest absolute Gasteiger partial charge is 0.491 e. The zero-order valence-electron chi connectivity index (χ0n) is 15.5. The van der Waals surface area contributed by atoms with Crippen molar-refractivity contribution < 1.29 is 17.7 Å². The van der Waals surface area contributed by atoms with Crippen LogP contribution in [0.1, 0.15) is 40.5 Å². The standard InChI is InChI=1S/C19H27BO4S/c1-7-8-14-17(25(21,22)16-12-10-9-11-13-16)15(2)20-23-18(3,4)19(5,6)24-20/h7,9-13,17H,1-2,8,14H2,3-6H3. The fourth-order valence-electron chi connectivity index (χ4n) is 2.73. The molecule has 1 fully saturated rings. The van der Waals surface area contributed by atoms with Crippen molar-refractivity contribution in [1.29, 1.82) is 0 Å². The van der Waals surface area contributed by atoms with Crippen molar-refractivity contribution in [3.63, 3.8) is 0 Å². The van der Waals surface area contributed by atoms with E-state index in [1.807, 2.05) is 27.7 Å². The molecule has 4 nitrogen and oxygen atoms in total. The van der Waals surface area contributed by atoms with E-state index in [1.165, 1.54) is 0 Å². The number of hydrogen-bond acceptors (Lipinski definition) is 4. The second-order valence-corrected chi connectivity index (χ2v) is 9.51. The lowest BCUT2D eigenvalue weighted by Gasteiger charge is -2.32. The molecule has 2 rings (SSSR count). The van der Waals surface area contributed by atoms with Gasteiger partial charge in [-0.05, 0) is 58.1 Å².